The van der Waals surface area contributed by atoms with E-state index in [9.17, 15) is 18.5 Å². The lowest BCUT2D eigenvalue weighted by atomic mass is 10.2. The molecule has 2 aromatic rings. The van der Waals surface area contributed by atoms with Crippen molar-refractivity contribution in [3.05, 3.63) is 56.5 Å². The fourth-order valence-electron chi connectivity index (χ4n) is 2.09. The number of rotatable bonds is 5. The smallest absolute Gasteiger partial charge is 0.273 e. The summed E-state index contributed by atoms with van der Waals surface area (Å²) in [5.74, 6) is -0.0788. The van der Waals surface area contributed by atoms with Gasteiger partial charge in [-0.1, -0.05) is 15.9 Å². The molecule has 0 atom stereocenters. The maximum absolute atomic E-state index is 12.9. The Kier molecular flexibility index (Phi) is 5.14. The van der Waals surface area contributed by atoms with Crippen LogP contribution in [0.5, 0.6) is 5.75 Å². The van der Waals surface area contributed by atoms with Crippen molar-refractivity contribution < 1.29 is 18.1 Å². The van der Waals surface area contributed by atoms with Crippen molar-refractivity contribution in [2.45, 2.75) is 11.8 Å². The van der Waals surface area contributed by atoms with E-state index in [1.807, 2.05) is 6.92 Å². The molecule has 0 aliphatic rings. The minimum Gasteiger partial charge on any atom is -0.495 e. The van der Waals surface area contributed by atoms with Crippen LogP contribution in [0.2, 0.25) is 0 Å². The van der Waals surface area contributed by atoms with E-state index in [0.717, 1.165) is 26.5 Å². The van der Waals surface area contributed by atoms with Crippen LogP contribution in [-0.4, -0.2) is 27.5 Å². The summed E-state index contributed by atoms with van der Waals surface area (Å²) in [6.45, 7) is 1.85. The minimum absolute atomic E-state index is 0.0788. The Morgan fingerprint density at radius 2 is 1.88 bits per heavy atom. The Balaban J connectivity index is 2.53. The zero-order valence-electron chi connectivity index (χ0n) is 13.2. The number of halogens is 1. The molecule has 128 valence electrons. The highest BCUT2D eigenvalue weighted by Gasteiger charge is 2.27. The zero-order chi connectivity index (χ0) is 18.1. The SMILES string of the molecule is COc1cc([N+](=O)[O-])ccc1S(=O)(=O)N(C)c1ccc(Br)c(C)c1. The van der Waals surface area contributed by atoms with E-state index in [1.54, 1.807) is 18.2 Å². The van der Waals surface area contributed by atoms with Gasteiger partial charge in [0.2, 0.25) is 0 Å². The number of hydrogen-bond donors (Lipinski definition) is 0. The average molecular weight is 415 g/mol. The molecular formula is C15H15BrN2O5S. The number of hydrogen-bond acceptors (Lipinski definition) is 5. The summed E-state index contributed by atoms with van der Waals surface area (Å²) < 4.78 is 32.7. The zero-order valence-corrected chi connectivity index (χ0v) is 15.6. The Labute approximate surface area is 148 Å². The number of ether oxygens (including phenoxy) is 1. The molecule has 7 nitrogen and oxygen atoms in total. The highest BCUT2D eigenvalue weighted by Crippen LogP contribution is 2.33. The van der Waals surface area contributed by atoms with Crippen molar-refractivity contribution in [2.75, 3.05) is 18.5 Å². The molecule has 2 rings (SSSR count). The van der Waals surface area contributed by atoms with Gasteiger partial charge in [0.1, 0.15) is 10.6 Å². The minimum atomic E-state index is -3.94. The third-order valence-electron chi connectivity index (χ3n) is 3.50. The van der Waals surface area contributed by atoms with Crippen LogP contribution in [-0.2, 0) is 10.0 Å². The second kappa shape index (κ2) is 6.78. The van der Waals surface area contributed by atoms with Crippen LogP contribution in [0.3, 0.4) is 0 Å². The molecule has 0 saturated carbocycles. The van der Waals surface area contributed by atoms with E-state index in [1.165, 1.54) is 20.2 Å². The van der Waals surface area contributed by atoms with Gasteiger partial charge in [-0.15, -0.1) is 0 Å². The van der Waals surface area contributed by atoms with Crippen LogP contribution in [0.25, 0.3) is 0 Å². The molecule has 0 aromatic heterocycles. The van der Waals surface area contributed by atoms with Crippen molar-refractivity contribution in [3.8, 4) is 5.75 Å². The van der Waals surface area contributed by atoms with E-state index in [0.29, 0.717) is 5.69 Å². The lowest BCUT2D eigenvalue weighted by Gasteiger charge is -2.21. The molecule has 0 saturated heterocycles. The average Bonchev–Trinajstić information content (AvgIpc) is 2.55. The topological polar surface area (TPSA) is 89.7 Å². The Morgan fingerprint density at radius 1 is 1.21 bits per heavy atom. The van der Waals surface area contributed by atoms with Gasteiger partial charge in [0, 0.05) is 17.6 Å². The number of anilines is 1. The highest BCUT2D eigenvalue weighted by molar-refractivity contribution is 9.10. The monoisotopic (exact) mass is 414 g/mol. The quantitative estimate of drug-likeness (QED) is 0.551. The van der Waals surface area contributed by atoms with Gasteiger partial charge in [-0.05, 0) is 36.8 Å². The van der Waals surface area contributed by atoms with Gasteiger partial charge >= 0.3 is 0 Å². The first-order valence-corrected chi connectivity index (χ1v) is 8.99. The molecule has 0 aliphatic carbocycles. The molecule has 0 heterocycles. The predicted octanol–water partition coefficient (Wildman–Crippen LogP) is 3.50. The summed E-state index contributed by atoms with van der Waals surface area (Å²) in [6, 6.07) is 8.54. The van der Waals surface area contributed by atoms with Crippen molar-refractivity contribution in [1.29, 1.82) is 0 Å². The van der Waals surface area contributed by atoms with Gasteiger partial charge in [-0.2, -0.15) is 0 Å². The van der Waals surface area contributed by atoms with E-state index >= 15 is 0 Å². The molecule has 9 heteroatoms. The Bertz CT molecular complexity index is 899. The number of nitro benzene ring substituents is 1. The lowest BCUT2D eigenvalue weighted by Crippen LogP contribution is -2.27. The fourth-order valence-corrected chi connectivity index (χ4v) is 3.66. The van der Waals surface area contributed by atoms with E-state index < -0.39 is 14.9 Å². The number of sulfonamides is 1. The van der Waals surface area contributed by atoms with E-state index in [4.69, 9.17) is 4.74 Å². The third kappa shape index (κ3) is 3.36. The Hall–Kier alpha value is -2.13. The molecular weight excluding hydrogens is 400 g/mol. The molecule has 2 aromatic carbocycles. The normalized spacial score (nSPS) is 11.2. The van der Waals surface area contributed by atoms with Crippen molar-refractivity contribution in [3.63, 3.8) is 0 Å². The first kappa shape index (κ1) is 18.2. The first-order valence-electron chi connectivity index (χ1n) is 6.76. The summed E-state index contributed by atoms with van der Waals surface area (Å²) in [5.41, 5.74) is 1.11. The van der Waals surface area contributed by atoms with Crippen molar-refractivity contribution >= 4 is 37.3 Å². The maximum Gasteiger partial charge on any atom is 0.273 e. The number of nitro groups is 1. The van der Waals surface area contributed by atoms with Crippen molar-refractivity contribution in [2.24, 2.45) is 0 Å². The van der Waals surface area contributed by atoms with Crippen molar-refractivity contribution in [1.82, 2.24) is 0 Å². The van der Waals surface area contributed by atoms with E-state index in [2.05, 4.69) is 15.9 Å². The van der Waals surface area contributed by atoms with Crippen LogP contribution in [0, 0.1) is 17.0 Å². The number of methoxy groups -OCH3 is 1. The van der Waals surface area contributed by atoms with Gasteiger partial charge in [0.05, 0.1) is 23.8 Å². The summed E-state index contributed by atoms with van der Waals surface area (Å²) >= 11 is 3.37. The molecule has 0 radical (unpaired) electrons. The molecule has 0 aliphatic heterocycles. The van der Waals surface area contributed by atoms with Crippen LogP contribution in [0.4, 0.5) is 11.4 Å². The number of benzene rings is 2. The van der Waals surface area contributed by atoms with Gasteiger partial charge in [-0.25, -0.2) is 8.42 Å². The molecule has 0 spiro atoms. The molecule has 0 fully saturated rings. The van der Waals surface area contributed by atoms with Gasteiger partial charge in [0.15, 0.2) is 0 Å². The second-order valence-corrected chi connectivity index (χ2v) is 7.79. The predicted molar refractivity (Wildman–Crippen MR) is 94.1 cm³/mol. The largest absolute Gasteiger partial charge is 0.495 e. The van der Waals surface area contributed by atoms with E-state index in [-0.39, 0.29) is 16.3 Å². The van der Waals surface area contributed by atoms with Gasteiger partial charge in [-0.3, -0.25) is 14.4 Å². The maximum atomic E-state index is 12.9. The molecule has 0 bridgehead atoms. The van der Waals surface area contributed by atoms with Crippen LogP contribution < -0.4 is 9.04 Å². The summed E-state index contributed by atoms with van der Waals surface area (Å²) in [4.78, 5) is 10.1. The number of nitrogens with zero attached hydrogens (tertiary/aromatic N) is 2. The van der Waals surface area contributed by atoms with Crippen LogP contribution >= 0.6 is 15.9 Å². The second-order valence-electron chi connectivity index (χ2n) is 5.00. The van der Waals surface area contributed by atoms with Gasteiger partial charge in [0.25, 0.3) is 15.7 Å². The Morgan fingerprint density at radius 3 is 2.42 bits per heavy atom. The fraction of sp³-hybridized carbons (Fsp3) is 0.200. The summed E-state index contributed by atoms with van der Waals surface area (Å²) in [7, 11) is -1.26. The molecule has 0 amide bonds. The number of aryl methyl sites for hydroxylation is 1. The standard InChI is InChI=1S/C15H15BrN2O5S/c1-10-8-11(4-6-13(10)16)17(2)24(21,22)15-7-5-12(18(19)20)9-14(15)23-3/h4-9H,1-3H3. The third-order valence-corrected chi connectivity index (χ3v) is 6.22. The van der Waals surface area contributed by atoms with Gasteiger partial charge < -0.3 is 4.74 Å². The molecule has 0 N–H and O–H groups in total. The molecule has 0 unspecified atom stereocenters. The number of non-ortho nitro benzene ring substituents is 1. The first-order chi connectivity index (χ1) is 11.2. The van der Waals surface area contributed by atoms with Crippen LogP contribution in [0.1, 0.15) is 5.56 Å². The molecule has 24 heavy (non-hydrogen) atoms. The van der Waals surface area contributed by atoms with Crippen LogP contribution in [0.15, 0.2) is 45.8 Å². The lowest BCUT2D eigenvalue weighted by molar-refractivity contribution is -0.385. The summed E-state index contributed by atoms with van der Waals surface area (Å²) in [6.07, 6.45) is 0. The highest BCUT2D eigenvalue weighted by atomic mass is 79.9. The summed E-state index contributed by atoms with van der Waals surface area (Å²) in [5, 5.41) is 10.8.